The van der Waals surface area contributed by atoms with Crippen LogP contribution in [0.2, 0.25) is 0 Å². The summed E-state index contributed by atoms with van der Waals surface area (Å²) in [5.41, 5.74) is 3.37. The molecule has 0 fully saturated rings. The van der Waals surface area contributed by atoms with Crippen LogP contribution >= 0.6 is 35.3 Å². The lowest BCUT2D eigenvalue weighted by Gasteiger charge is -2.29. The Labute approximate surface area is 194 Å². The molecule has 6 nitrogen and oxygen atoms in total. The minimum Gasteiger partial charge on any atom is -0.357 e. The Morgan fingerprint density at radius 2 is 2.07 bits per heavy atom. The number of para-hydroxylation sites is 1. The van der Waals surface area contributed by atoms with E-state index in [0.29, 0.717) is 5.96 Å². The number of halogens is 1. The lowest BCUT2D eigenvalue weighted by Crippen LogP contribution is -2.41. The van der Waals surface area contributed by atoms with Crippen molar-refractivity contribution in [2.24, 2.45) is 4.99 Å². The van der Waals surface area contributed by atoms with Crippen molar-refractivity contribution < 1.29 is 4.79 Å². The third-order valence-electron chi connectivity index (χ3n) is 4.83. The first-order chi connectivity index (χ1) is 13.6. The summed E-state index contributed by atoms with van der Waals surface area (Å²) in [4.78, 5) is 25.0. The molecule has 29 heavy (non-hydrogen) atoms. The van der Waals surface area contributed by atoms with Gasteiger partial charge < -0.3 is 15.5 Å². The van der Waals surface area contributed by atoms with Crippen molar-refractivity contribution >= 4 is 52.9 Å². The third-order valence-corrected chi connectivity index (χ3v) is 5.96. The van der Waals surface area contributed by atoms with Crippen molar-refractivity contribution in [1.29, 1.82) is 0 Å². The topological polar surface area (TPSA) is 69.6 Å². The van der Waals surface area contributed by atoms with E-state index in [1.807, 2.05) is 36.9 Å². The standard InChI is InChI=1S/C21H29N5OS.HI/c1-4-22-21(23-12-11-19-25-15(2)16(3)28-19)24-14-20(27)26-13-7-9-17-8-5-6-10-18(17)26;/h5-6,8,10H,4,7,9,11-14H2,1-3H3,(H2,22,23,24);1H. The summed E-state index contributed by atoms with van der Waals surface area (Å²) >= 11 is 1.74. The van der Waals surface area contributed by atoms with Gasteiger partial charge in [0.1, 0.15) is 6.54 Å². The molecule has 0 saturated heterocycles. The van der Waals surface area contributed by atoms with E-state index in [0.717, 1.165) is 55.3 Å². The number of nitrogens with one attached hydrogen (secondary N) is 2. The molecule has 1 amide bonds. The lowest BCUT2D eigenvalue weighted by molar-refractivity contribution is -0.117. The second kappa shape index (κ2) is 11.5. The molecule has 0 bridgehead atoms. The normalized spacial score (nSPS) is 13.5. The predicted octanol–water partition coefficient (Wildman–Crippen LogP) is 3.45. The Morgan fingerprint density at radius 1 is 1.28 bits per heavy atom. The van der Waals surface area contributed by atoms with Crippen molar-refractivity contribution in [3.8, 4) is 0 Å². The zero-order chi connectivity index (χ0) is 19.9. The number of amides is 1. The van der Waals surface area contributed by atoms with Crippen LogP contribution in [0.1, 0.15) is 34.5 Å². The van der Waals surface area contributed by atoms with Crippen molar-refractivity contribution in [3.05, 3.63) is 45.4 Å². The second-order valence-electron chi connectivity index (χ2n) is 6.90. The number of hydrogen-bond acceptors (Lipinski definition) is 4. The molecule has 2 N–H and O–H groups in total. The molecule has 1 aromatic carbocycles. The monoisotopic (exact) mass is 527 g/mol. The first-order valence-corrected chi connectivity index (χ1v) is 10.7. The highest BCUT2D eigenvalue weighted by Gasteiger charge is 2.21. The second-order valence-corrected chi connectivity index (χ2v) is 8.19. The van der Waals surface area contributed by atoms with Crippen LogP contribution in [0.3, 0.4) is 0 Å². The number of anilines is 1. The average molecular weight is 527 g/mol. The third kappa shape index (κ3) is 6.40. The number of nitrogens with zero attached hydrogens (tertiary/aromatic N) is 3. The molecule has 0 atom stereocenters. The molecule has 8 heteroatoms. The molecule has 2 aromatic rings. The highest BCUT2D eigenvalue weighted by molar-refractivity contribution is 14.0. The number of benzene rings is 1. The Balaban J connectivity index is 0.00000300. The summed E-state index contributed by atoms with van der Waals surface area (Å²) in [5.74, 6) is 0.710. The summed E-state index contributed by atoms with van der Waals surface area (Å²) in [6, 6.07) is 8.15. The molecule has 2 heterocycles. The van der Waals surface area contributed by atoms with Crippen molar-refractivity contribution in [2.75, 3.05) is 31.1 Å². The van der Waals surface area contributed by atoms with Crippen LogP contribution in [0.25, 0.3) is 0 Å². The highest BCUT2D eigenvalue weighted by Crippen LogP contribution is 2.26. The van der Waals surface area contributed by atoms with Gasteiger partial charge in [0.15, 0.2) is 5.96 Å². The molecular weight excluding hydrogens is 497 g/mol. The Bertz CT molecular complexity index is 832. The van der Waals surface area contributed by atoms with Crippen LogP contribution in [0.4, 0.5) is 5.69 Å². The van der Waals surface area contributed by atoms with Gasteiger partial charge in [0.05, 0.1) is 10.7 Å². The minimum atomic E-state index is 0. The maximum Gasteiger partial charge on any atom is 0.248 e. The summed E-state index contributed by atoms with van der Waals surface area (Å²) in [7, 11) is 0. The largest absolute Gasteiger partial charge is 0.357 e. The molecule has 3 rings (SSSR count). The van der Waals surface area contributed by atoms with Crippen molar-refractivity contribution in [3.63, 3.8) is 0 Å². The summed E-state index contributed by atoms with van der Waals surface area (Å²) in [5, 5.41) is 7.65. The zero-order valence-electron chi connectivity index (χ0n) is 17.3. The van der Waals surface area contributed by atoms with E-state index >= 15 is 0 Å². The van der Waals surface area contributed by atoms with Gasteiger partial charge in [-0.1, -0.05) is 18.2 Å². The van der Waals surface area contributed by atoms with E-state index in [4.69, 9.17) is 0 Å². The van der Waals surface area contributed by atoms with Crippen LogP contribution in [-0.4, -0.2) is 43.0 Å². The summed E-state index contributed by atoms with van der Waals surface area (Å²) < 4.78 is 0. The van der Waals surface area contributed by atoms with Gasteiger partial charge >= 0.3 is 0 Å². The smallest absolute Gasteiger partial charge is 0.248 e. The number of aliphatic imine (C=N–C) groups is 1. The molecule has 0 unspecified atom stereocenters. The summed E-state index contributed by atoms with van der Waals surface area (Å²) in [6.07, 6.45) is 2.87. The number of aryl methyl sites for hydroxylation is 3. The average Bonchev–Trinajstić information content (AvgIpc) is 3.02. The first kappa shape index (κ1) is 23.6. The number of carbonyl (C=O) groups excluding carboxylic acids is 1. The number of hydrogen-bond donors (Lipinski definition) is 2. The first-order valence-electron chi connectivity index (χ1n) is 9.92. The Kier molecular flexibility index (Phi) is 9.35. The fourth-order valence-electron chi connectivity index (χ4n) is 3.30. The van der Waals surface area contributed by atoms with Gasteiger partial charge in [0.2, 0.25) is 5.91 Å². The van der Waals surface area contributed by atoms with E-state index in [2.05, 4.69) is 33.6 Å². The number of rotatable bonds is 6. The molecule has 1 aliphatic rings. The van der Waals surface area contributed by atoms with Gasteiger partial charge in [-0.2, -0.15) is 0 Å². The molecule has 0 aliphatic carbocycles. The number of guanidine groups is 1. The van der Waals surface area contributed by atoms with E-state index < -0.39 is 0 Å². The predicted molar refractivity (Wildman–Crippen MR) is 132 cm³/mol. The molecule has 0 spiro atoms. The number of thiazole rings is 1. The van der Waals surface area contributed by atoms with E-state index in [9.17, 15) is 4.79 Å². The molecule has 158 valence electrons. The van der Waals surface area contributed by atoms with E-state index in [1.54, 1.807) is 11.3 Å². The van der Waals surface area contributed by atoms with Crippen LogP contribution in [-0.2, 0) is 17.6 Å². The molecule has 1 aromatic heterocycles. The molecule has 0 saturated carbocycles. The van der Waals surface area contributed by atoms with Gasteiger partial charge in [0.25, 0.3) is 0 Å². The number of fused-ring (bicyclic) bond motifs is 1. The SMILES string of the molecule is CCNC(=NCC(=O)N1CCCc2ccccc21)NCCc1nc(C)c(C)s1.I. The van der Waals surface area contributed by atoms with Gasteiger partial charge in [-0.3, -0.25) is 4.79 Å². The van der Waals surface area contributed by atoms with Crippen molar-refractivity contribution in [1.82, 2.24) is 15.6 Å². The molecule has 1 aliphatic heterocycles. The van der Waals surface area contributed by atoms with Crippen LogP contribution in [0.15, 0.2) is 29.3 Å². The van der Waals surface area contributed by atoms with Gasteiger partial charge in [-0.25, -0.2) is 9.98 Å². The lowest BCUT2D eigenvalue weighted by atomic mass is 10.0. The Hall–Kier alpha value is -1.68. The zero-order valence-corrected chi connectivity index (χ0v) is 20.5. The molecular formula is C21H30IN5OS. The maximum absolute atomic E-state index is 12.8. The summed E-state index contributed by atoms with van der Waals surface area (Å²) in [6.45, 7) is 8.55. The van der Waals surface area contributed by atoms with Gasteiger partial charge in [0, 0.05) is 36.6 Å². The Morgan fingerprint density at radius 3 is 2.79 bits per heavy atom. The van der Waals surface area contributed by atoms with Crippen LogP contribution in [0.5, 0.6) is 0 Å². The minimum absolute atomic E-state index is 0. The quantitative estimate of drug-likeness (QED) is 0.343. The van der Waals surface area contributed by atoms with Gasteiger partial charge in [-0.15, -0.1) is 35.3 Å². The van der Waals surface area contributed by atoms with Crippen LogP contribution in [0, 0.1) is 13.8 Å². The fraction of sp³-hybridized carbons (Fsp3) is 0.476. The number of aromatic nitrogens is 1. The molecule has 0 radical (unpaired) electrons. The van der Waals surface area contributed by atoms with E-state index in [1.165, 1.54) is 10.4 Å². The van der Waals surface area contributed by atoms with Crippen molar-refractivity contribution in [2.45, 2.75) is 40.0 Å². The number of carbonyl (C=O) groups is 1. The van der Waals surface area contributed by atoms with E-state index in [-0.39, 0.29) is 36.4 Å². The van der Waals surface area contributed by atoms with Crippen LogP contribution < -0.4 is 15.5 Å². The maximum atomic E-state index is 12.8. The highest BCUT2D eigenvalue weighted by atomic mass is 127. The van der Waals surface area contributed by atoms with Gasteiger partial charge in [-0.05, 0) is 45.2 Å². The fourth-order valence-corrected chi connectivity index (χ4v) is 4.23.